The van der Waals surface area contributed by atoms with Gasteiger partial charge in [-0.05, 0) is 35.3 Å². The molecule has 1 atom stereocenters. The Bertz CT molecular complexity index is 807. The van der Waals surface area contributed by atoms with E-state index in [-0.39, 0.29) is 0 Å². The van der Waals surface area contributed by atoms with Crippen molar-refractivity contribution in [3.05, 3.63) is 114 Å². The quantitative estimate of drug-likeness (QED) is 0.468. The molecule has 1 nitrogen and oxygen atoms in total. The Hall–Kier alpha value is -2.64. The molecule has 0 aliphatic heterocycles. The van der Waals surface area contributed by atoms with Crippen LogP contribution in [0.25, 0.3) is 5.57 Å². The molecule has 0 fully saturated rings. The summed E-state index contributed by atoms with van der Waals surface area (Å²) < 4.78 is 0.956. The Morgan fingerprint density at radius 3 is 1.67 bits per heavy atom. The second-order valence-corrected chi connectivity index (χ2v) is 7.85. The van der Waals surface area contributed by atoms with Crippen LogP contribution in [0.5, 0.6) is 0 Å². The lowest BCUT2D eigenvalue weighted by Gasteiger charge is -2.35. The molecule has 0 radical (unpaired) electrons. The first-order valence-corrected chi connectivity index (χ1v) is 9.74. The minimum absolute atomic E-state index is 0.538. The van der Waals surface area contributed by atoms with Crippen molar-refractivity contribution in [3.8, 4) is 0 Å². The predicted octanol–water partition coefficient (Wildman–Crippen LogP) is 5.83. The van der Waals surface area contributed by atoms with E-state index in [0.29, 0.717) is 6.04 Å². The lowest BCUT2D eigenvalue weighted by atomic mass is 9.97. The third kappa shape index (κ3) is 5.18. The third-order valence-electron chi connectivity index (χ3n) is 5.50. The predicted molar refractivity (Wildman–Crippen MR) is 117 cm³/mol. The van der Waals surface area contributed by atoms with Gasteiger partial charge >= 0.3 is 0 Å². The fraction of sp³-hybridized carbons (Fsp3) is 0.231. The monoisotopic (exact) mass is 356 g/mol. The van der Waals surface area contributed by atoms with Gasteiger partial charge in [-0.1, -0.05) is 91.0 Å². The van der Waals surface area contributed by atoms with Crippen LogP contribution in [0.4, 0.5) is 0 Å². The average Bonchev–Trinajstić information content (AvgIpc) is 2.70. The summed E-state index contributed by atoms with van der Waals surface area (Å²) in [7, 11) is 4.66. The van der Waals surface area contributed by atoms with Gasteiger partial charge in [-0.25, -0.2) is 0 Å². The molecule has 138 valence electrons. The van der Waals surface area contributed by atoms with Crippen LogP contribution >= 0.6 is 0 Å². The summed E-state index contributed by atoms with van der Waals surface area (Å²) in [6, 6.07) is 32.8. The van der Waals surface area contributed by atoms with E-state index in [1.165, 1.54) is 22.3 Å². The molecule has 0 amide bonds. The first-order chi connectivity index (χ1) is 13.1. The van der Waals surface area contributed by atoms with Crippen LogP contribution in [-0.2, 0) is 6.42 Å². The van der Waals surface area contributed by atoms with Gasteiger partial charge in [0.1, 0.15) is 0 Å². The Kier molecular flexibility index (Phi) is 6.26. The van der Waals surface area contributed by atoms with Crippen LogP contribution < -0.4 is 0 Å². The van der Waals surface area contributed by atoms with Gasteiger partial charge in [0.05, 0.1) is 26.7 Å². The standard InChI is InChI=1S/C26H30N/c1-22(21-23-13-7-4-8-14-23)27(2,3)20-19-26(24-15-9-5-10-16-24)25-17-11-6-12-18-25/h4-19,22H,20-21H2,1-3H3/q+1. The molecule has 1 unspecified atom stereocenters. The molecule has 1 heteroatoms. The fourth-order valence-electron chi connectivity index (χ4n) is 3.35. The molecule has 0 heterocycles. The molecule has 0 saturated heterocycles. The Balaban J connectivity index is 1.82. The number of hydrogen-bond donors (Lipinski definition) is 0. The van der Waals surface area contributed by atoms with Crippen molar-refractivity contribution in [1.29, 1.82) is 0 Å². The fourth-order valence-corrected chi connectivity index (χ4v) is 3.35. The molecular formula is C26H30N+. The van der Waals surface area contributed by atoms with Crippen molar-refractivity contribution < 1.29 is 4.48 Å². The summed E-state index contributed by atoms with van der Waals surface area (Å²) in [5.41, 5.74) is 5.28. The van der Waals surface area contributed by atoms with E-state index in [1.807, 2.05) is 0 Å². The maximum Gasteiger partial charge on any atom is 0.0981 e. The van der Waals surface area contributed by atoms with Crippen molar-refractivity contribution in [2.75, 3.05) is 20.6 Å². The summed E-state index contributed by atoms with van der Waals surface area (Å²) in [5, 5.41) is 0. The smallest absolute Gasteiger partial charge is 0.0981 e. The van der Waals surface area contributed by atoms with Crippen LogP contribution in [-0.4, -0.2) is 31.2 Å². The molecular weight excluding hydrogens is 326 g/mol. The molecule has 27 heavy (non-hydrogen) atoms. The van der Waals surface area contributed by atoms with E-state index in [4.69, 9.17) is 0 Å². The topological polar surface area (TPSA) is 0 Å². The number of nitrogens with zero attached hydrogens (tertiary/aromatic N) is 1. The van der Waals surface area contributed by atoms with Gasteiger partial charge in [0.2, 0.25) is 0 Å². The SMILES string of the molecule is CC(Cc1ccccc1)[N+](C)(C)CC=C(c1ccccc1)c1ccccc1. The largest absolute Gasteiger partial charge is 0.323 e. The molecule has 0 N–H and O–H groups in total. The van der Waals surface area contributed by atoms with Crippen molar-refractivity contribution in [2.45, 2.75) is 19.4 Å². The second-order valence-electron chi connectivity index (χ2n) is 7.85. The van der Waals surface area contributed by atoms with Crippen LogP contribution in [0.3, 0.4) is 0 Å². The Morgan fingerprint density at radius 1 is 0.741 bits per heavy atom. The van der Waals surface area contributed by atoms with Gasteiger partial charge in [0, 0.05) is 6.42 Å². The number of benzene rings is 3. The van der Waals surface area contributed by atoms with Gasteiger partial charge in [0.15, 0.2) is 0 Å². The molecule has 0 saturated carbocycles. The van der Waals surface area contributed by atoms with Crippen LogP contribution in [0.1, 0.15) is 23.6 Å². The van der Waals surface area contributed by atoms with Gasteiger partial charge in [-0.3, -0.25) is 0 Å². The molecule has 0 spiro atoms. The number of quaternary nitrogens is 1. The van der Waals surface area contributed by atoms with Crippen LogP contribution in [0, 0.1) is 0 Å². The lowest BCUT2D eigenvalue weighted by molar-refractivity contribution is -0.907. The van der Waals surface area contributed by atoms with Gasteiger partial charge in [0.25, 0.3) is 0 Å². The first-order valence-electron chi connectivity index (χ1n) is 9.74. The zero-order chi connectivity index (χ0) is 19.1. The zero-order valence-electron chi connectivity index (χ0n) is 16.7. The molecule has 3 aromatic rings. The van der Waals surface area contributed by atoms with Gasteiger partial charge in [-0.15, -0.1) is 0 Å². The maximum atomic E-state index is 2.41. The maximum absolute atomic E-state index is 2.41. The van der Waals surface area contributed by atoms with E-state index in [0.717, 1.165) is 17.4 Å². The summed E-state index contributed by atoms with van der Waals surface area (Å²) in [5.74, 6) is 0. The summed E-state index contributed by atoms with van der Waals surface area (Å²) in [6.07, 6.45) is 3.50. The molecule has 0 bridgehead atoms. The molecule has 3 rings (SSSR count). The van der Waals surface area contributed by atoms with Crippen molar-refractivity contribution in [3.63, 3.8) is 0 Å². The Morgan fingerprint density at radius 2 is 1.19 bits per heavy atom. The second kappa shape index (κ2) is 8.83. The first kappa shape index (κ1) is 19.1. The number of likely N-dealkylation sites (N-methyl/N-ethyl adjacent to an activating group) is 1. The molecule has 0 aliphatic carbocycles. The summed E-state index contributed by atoms with van der Waals surface area (Å²) in [6.45, 7) is 3.35. The van der Waals surface area contributed by atoms with E-state index in [9.17, 15) is 0 Å². The van der Waals surface area contributed by atoms with Crippen molar-refractivity contribution >= 4 is 5.57 Å². The normalized spacial score (nSPS) is 12.4. The summed E-state index contributed by atoms with van der Waals surface area (Å²) in [4.78, 5) is 0. The van der Waals surface area contributed by atoms with E-state index >= 15 is 0 Å². The minimum atomic E-state index is 0.538. The zero-order valence-corrected chi connectivity index (χ0v) is 16.7. The van der Waals surface area contributed by atoms with E-state index < -0.39 is 0 Å². The molecule has 0 aliphatic rings. The van der Waals surface area contributed by atoms with Crippen LogP contribution in [0.15, 0.2) is 97.1 Å². The van der Waals surface area contributed by atoms with Crippen molar-refractivity contribution in [2.24, 2.45) is 0 Å². The van der Waals surface area contributed by atoms with Crippen LogP contribution in [0.2, 0.25) is 0 Å². The highest BCUT2D eigenvalue weighted by Gasteiger charge is 2.23. The molecule has 0 aromatic heterocycles. The number of rotatable bonds is 7. The third-order valence-corrected chi connectivity index (χ3v) is 5.50. The Labute approximate surface area is 164 Å². The lowest BCUT2D eigenvalue weighted by Crippen LogP contribution is -2.48. The van der Waals surface area contributed by atoms with Crippen molar-refractivity contribution in [1.82, 2.24) is 0 Å². The van der Waals surface area contributed by atoms with E-state index in [1.54, 1.807) is 0 Å². The van der Waals surface area contributed by atoms with E-state index in [2.05, 4.69) is 118 Å². The average molecular weight is 357 g/mol. The highest BCUT2D eigenvalue weighted by molar-refractivity contribution is 5.79. The van der Waals surface area contributed by atoms with Gasteiger partial charge < -0.3 is 4.48 Å². The van der Waals surface area contributed by atoms with Gasteiger partial charge in [-0.2, -0.15) is 0 Å². The minimum Gasteiger partial charge on any atom is -0.323 e. The highest BCUT2D eigenvalue weighted by atomic mass is 15.3. The summed E-state index contributed by atoms with van der Waals surface area (Å²) >= 11 is 0. The molecule has 3 aromatic carbocycles. The highest BCUT2D eigenvalue weighted by Crippen LogP contribution is 2.24. The number of hydrogen-bond acceptors (Lipinski definition) is 0.